The largest absolute Gasteiger partial charge is 0.300 e. The van der Waals surface area contributed by atoms with Gasteiger partial charge in [0, 0.05) is 11.2 Å². The van der Waals surface area contributed by atoms with Crippen LogP contribution in [0.2, 0.25) is 0 Å². The van der Waals surface area contributed by atoms with Crippen LogP contribution in [0.3, 0.4) is 0 Å². The number of Topliss-reactive ketones (excluding diaryl/α,β-unsaturated/α-hetero) is 1. The predicted octanol–water partition coefficient (Wildman–Crippen LogP) is 2.64. The van der Waals surface area contributed by atoms with Crippen molar-refractivity contribution in [1.82, 2.24) is 0 Å². The third-order valence-corrected chi connectivity index (χ3v) is 3.90. The molecular formula is C9H16OS. The molecule has 0 bridgehead atoms. The fraction of sp³-hybridized carbons (Fsp3) is 0.889. The highest BCUT2D eigenvalue weighted by Gasteiger charge is 2.28. The van der Waals surface area contributed by atoms with Gasteiger partial charge in [0.15, 0.2) is 0 Å². The van der Waals surface area contributed by atoms with Crippen LogP contribution in [0.4, 0.5) is 0 Å². The molecule has 0 aromatic carbocycles. The van der Waals surface area contributed by atoms with Gasteiger partial charge in [-0.2, -0.15) is 11.8 Å². The highest BCUT2D eigenvalue weighted by atomic mass is 32.2. The zero-order chi connectivity index (χ0) is 8.32. The monoisotopic (exact) mass is 172 g/mol. The molecule has 0 N–H and O–H groups in total. The molecule has 1 unspecified atom stereocenters. The Morgan fingerprint density at radius 3 is 2.82 bits per heavy atom. The Morgan fingerprint density at radius 2 is 2.36 bits per heavy atom. The van der Waals surface area contributed by atoms with Crippen LogP contribution in [-0.2, 0) is 4.79 Å². The number of ketones is 1. The minimum absolute atomic E-state index is 0.332. The molecule has 0 spiro atoms. The van der Waals surface area contributed by atoms with Gasteiger partial charge in [0.1, 0.15) is 5.78 Å². The smallest absolute Gasteiger partial charge is 0.129 e. The number of hydrogen-bond donors (Lipinski definition) is 0. The van der Waals surface area contributed by atoms with Gasteiger partial charge < -0.3 is 4.79 Å². The van der Waals surface area contributed by atoms with E-state index in [9.17, 15) is 4.79 Å². The van der Waals surface area contributed by atoms with Crippen LogP contribution >= 0.6 is 11.8 Å². The predicted molar refractivity (Wildman–Crippen MR) is 50.0 cm³/mol. The number of rotatable bonds is 3. The van der Waals surface area contributed by atoms with E-state index in [-0.39, 0.29) is 0 Å². The molecule has 0 aliphatic carbocycles. The average Bonchev–Trinajstić information content (AvgIpc) is 2.33. The summed E-state index contributed by atoms with van der Waals surface area (Å²) in [6.07, 6.45) is 4.47. The summed E-state index contributed by atoms with van der Waals surface area (Å²) < 4.78 is 0.422. The van der Waals surface area contributed by atoms with Crippen molar-refractivity contribution >= 4 is 17.5 Å². The summed E-state index contributed by atoms with van der Waals surface area (Å²) in [5.74, 6) is 1.62. The van der Waals surface area contributed by atoms with E-state index < -0.39 is 0 Å². The molecule has 2 heteroatoms. The van der Waals surface area contributed by atoms with Crippen molar-refractivity contribution in [3.63, 3.8) is 0 Å². The Balaban J connectivity index is 2.28. The first-order chi connectivity index (χ1) is 5.12. The summed E-state index contributed by atoms with van der Waals surface area (Å²) in [5, 5.41) is 0. The molecule has 0 radical (unpaired) electrons. The Hall–Kier alpha value is 0.0200. The van der Waals surface area contributed by atoms with Gasteiger partial charge in [0.05, 0.1) is 0 Å². The second-order valence-electron chi connectivity index (χ2n) is 3.60. The van der Waals surface area contributed by atoms with Gasteiger partial charge in [-0.3, -0.25) is 0 Å². The second kappa shape index (κ2) is 3.61. The van der Waals surface area contributed by atoms with E-state index >= 15 is 0 Å². The summed E-state index contributed by atoms with van der Waals surface area (Å²) in [4.78, 5) is 10.7. The lowest BCUT2D eigenvalue weighted by atomic mass is 9.98. The number of hydrogen-bond acceptors (Lipinski definition) is 2. The molecule has 1 fully saturated rings. The molecule has 0 aromatic heterocycles. The molecular weight excluding hydrogens is 156 g/mol. The molecule has 1 aliphatic rings. The van der Waals surface area contributed by atoms with Crippen molar-refractivity contribution in [3.05, 3.63) is 0 Å². The van der Waals surface area contributed by atoms with Crippen molar-refractivity contribution in [2.45, 2.75) is 44.3 Å². The molecule has 0 saturated carbocycles. The highest BCUT2D eigenvalue weighted by Crippen LogP contribution is 2.41. The third kappa shape index (κ3) is 2.86. The number of carbonyl (C=O) groups is 1. The van der Waals surface area contributed by atoms with Crippen LogP contribution in [0.25, 0.3) is 0 Å². The molecule has 1 atom stereocenters. The normalized spacial score (nSPS) is 30.7. The van der Waals surface area contributed by atoms with Gasteiger partial charge in [-0.05, 0) is 31.9 Å². The van der Waals surface area contributed by atoms with E-state index in [1.807, 2.05) is 11.8 Å². The van der Waals surface area contributed by atoms with E-state index in [0.29, 0.717) is 10.5 Å². The van der Waals surface area contributed by atoms with Gasteiger partial charge in [0.2, 0.25) is 0 Å². The van der Waals surface area contributed by atoms with Crippen molar-refractivity contribution in [2.75, 3.05) is 5.75 Å². The van der Waals surface area contributed by atoms with Crippen LogP contribution < -0.4 is 0 Å². The lowest BCUT2D eigenvalue weighted by molar-refractivity contribution is -0.117. The fourth-order valence-corrected chi connectivity index (χ4v) is 2.79. The highest BCUT2D eigenvalue weighted by molar-refractivity contribution is 8.00. The van der Waals surface area contributed by atoms with Gasteiger partial charge in [-0.25, -0.2) is 0 Å². The van der Waals surface area contributed by atoms with Crippen LogP contribution in [0, 0.1) is 0 Å². The maximum atomic E-state index is 10.7. The molecule has 1 heterocycles. The number of thioether (sulfide) groups is 1. The molecule has 1 rings (SSSR count). The van der Waals surface area contributed by atoms with Crippen LogP contribution in [-0.4, -0.2) is 16.3 Å². The summed E-state index contributed by atoms with van der Waals surface area (Å²) in [6, 6.07) is 0. The second-order valence-corrected chi connectivity index (χ2v) is 5.29. The van der Waals surface area contributed by atoms with Gasteiger partial charge in [0.25, 0.3) is 0 Å². The summed E-state index contributed by atoms with van der Waals surface area (Å²) in [6.45, 7) is 3.97. The zero-order valence-electron chi connectivity index (χ0n) is 7.35. The Kier molecular flexibility index (Phi) is 2.99. The first-order valence-corrected chi connectivity index (χ1v) is 5.24. The fourth-order valence-electron chi connectivity index (χ4n) is 1.47. The Bertz CT molecular complexity index is 148. The minimum Gasteiger partial charge on any atom is -0.300 e. The topological polar surface area (TPSA) is 17.1 Å². The van der Waals surface area contributed by atoms with Crippen LogP contribution in [0.15, 0.2) is 0 Å². The van der Waals surface area contributed by atoms with Crippen LogP contribution in [0.5, 0.6) is 0 Å². The molecule has 0 amide bonds. The quantitative estimate of drug-likeness (QED) is 0.651. The van der Waals surface area contributed by atoms with Crippen molar-refractivity contribution < 1.29 is 4.79 Å². The zero-order valence-corrected chi connectivity index (χ0v) is 8.17. The Labute approximate surface area is 72.9 Å². The Morgan fingerprint density at radius 1 is 1.64 bits per heavy atom. The molecule has 1 aliphatic heterocycles. The van der Waals surface area contributed by atoms with E-state index in [1.54, 1.807) is 6.92 Å². The maximum absolute atomic E-state index is 10.7. The molecule has 1 saturated heterocycles. The van der Waals surface area contributed by atoms with Gasteiger partial charge in [-0.1, -0.05) is 6.92 Å². The first-order valence-electron chi connectivity index (χ1n) is 4.26. The molecule has 1 nitrogen and oxygen atoms in total. The van der Waals surface area contributed by atoms with Gasteiger partial charge >= 0.3 is 0 Å². The van der Waals surface area contributed by atoms with Crippen molar-refractivity contribution in [3.8, 4) is 0 Å². The lowest BCUT2D eigenvalue weighted by Gasteiger charge is -2.21. The van der Waals surface area contributed by atoms with E-state index in [4.69, 9.17) is 0 Å². The third-order valence-electron chi connectivity index (χ3n) is 2.31. The van der Waals surface area contributed by atoms with Gasteiger partial charge in [-0.15, -0.1) is 0 Å². The number of carbonyl (C=O) groups excluding carboxylic acids is 1. The van der Waals surface area contributed by atoms with Crippen LogP contribution in [0.1, 0.15) is 39.5 Å². The summed E-state index contributed by atoms with van der Waals surface area (Å²) in [5.41, 5.74) is 0. The van der Waals surface area contributed by atoms with E-state index in [0.717, 1.165) is 12.8 Å². The average molecular weight is 172 g/mol. The molecule has 0 aromatic rings. The molecule has 11 heavy (non-hydrogen) atoms. The summed E-state index contributed by atoms with van der Waals surface area (Å²) >= 11 is 2.03. The SMILES string of the molecule is CC(=O)CCC1(C)CCCS1. The summed E-state index contributed by atoms with van der Waals surface area (Å²) in [7, 11) is 0. The van der Waals surface area contributed by atoms with E-state index in [2.05, 4.69) is 6.92 Å². The standard InChI is InChI=1S/C9H16OS/c1-8(10)4-6-9(2)5-3-7-11-9/h3-7H2,1-2H3. The first kappa shape index (κ1) is 9.11. The minimum atomic E-state index is 0.332. The van der Waals surface area contributed by atoms with Crippen molar-refractivity contribution in [2.24, 2.45) is 0 Å². The maximum Gasteiger partial charge on any atom is 0.129 e. The van der Waals surface area contributed by atoms with Crippen molar-refractivity contribution in [1.29, 1.82) is 0 Å². The van der Waals surface area contributed by atoms with E-state index in [1.165, 1.54) is 18.6 Å². The lowest BCUT2D eigenvalue weighted by Crippen LogP contribution is -2.16. The molecule has 64 valence electrons.